The van der Waals surface area contributed by atoms with Crippen LogP contribution in [0.5, 0.6) is 0 Å². The number of hydrogen-bond donors (Lipinski definition) is 1. The van der Waals surface area contributed by atoms with Crippen LogP contribution < -0.4 is 0 Å². The lowest BCUT2D eigenvalue weighted by Gasteiger charge is -2.25. The summed E-state index contributed by atoms with van der Waals surface area (Å²) in [6.07, 6.45) is 2.69. The van der Waals surface area contributed by atoms with Crippen LogP contribution in [0.15, 0.2) is 30.3 Å². The molecule has 0 amide bonds. The van der Waals surface area contributed by atoms with Crippen LogP contribution >= 0.6 is 0 Å². The van der Waals surface area contributed by atoms with Crippen LogP contribution in [0.25, 0.3) is 0 Å². The number of hydrogen-bond acceptors (Lipinski definition) is 2. The molecule has 1 unspecified atom stereocenters. The quantitative estimate of drug-likeness (QED) is 0.822. The first-order valence-corrected chi connectivity index (χ1v) is 6.04. The predicted molar refractivity (Wildman–Crippen MR) is 64.9 cm³/mol. The number of ether oxygens (including phenoxy) is 1. The second kappa shape index (κ2) is 4.88. The summed E-state index contributed by atoms with van der Waals surface area (Å²) in [5.41, 5.74) is 0.186. The van der Waals surface area contributed by atoms with Gasteiger partial charge in [0.2, 0.25) is 0 Å². The van der Waals surface area contributed by atoms with Gasteiger partial charge in [-0.25, -0.2) is 4.79 Å². The molecule has 2 rings (SSSR count). The van der Waals surface area contributed by atoms with E-state index in [4.69, 9.17) is 4.74 Å². The SMILES string of the molecule is CC(OCCc1ccccc1)(C(=O)O)C1CC1. The molecule has 0 radical (unpaired) electrons. The van der Waals surface area contributed by atoms with Gasteiger partial charge in [0.1, 0.15) is 0 Å². The third-order valence-corrected chi connectivity index (χ3v) is 3.42. The van der Waals surface area contributed by atoms with Crippen molar-refractivity contribution >= 4 is 5.97 Å². The van der Waals surface area contributed by atoms with Gasteiger partial charge in [0.25, 0.3) is 0 Å². The monoisotopic (exact) mass is 234 g/mol. The van der Waals surface area contributed by atoms with E-state index in [1.54, 1.807) is 6.92 Å². The Morgan fingerprint density at radius 3 is 2.59 bits per heavy atom. The molecule has 1 aliphatic carbocycles. The molecule has 92 valence electrons. The number of carbonyl (C=O) groups is 1. The van der Waals surface area contributed by atoms with E-state index >= 15 is 0 Å². The summed E-state index contributed by atoms with van der Waals surface area (Å²) in [6, 6.07) is 9.98. The summed E-state index contributed by atoms with van der Waals surface area (Å²) in [4.78, 5) is 11.2. The smallest absolute Gasteiger partial charge is 0.335 e. The van der Waals surface area contributed by atoms with Crippen molar-refractivity contribution in [2.45, 2.75) is 31.8 Å². The zero-order chi connectivity index (χ0) is 12.3. The fraction of sp³-hybridized carbons (Fsp3) is 0.500. The molecular weight excluding hydrogens is 216 g/mol. The van der Waals surface area contributed by atoms with Crippen molar-refractivity contribution in [2.24, 2.45) is 5.92 Å². The molecule has 0 bridgehead atoms. The standard InChI is InChI=1S/C14H18O3/c1-14(13(15)16,12-7-8-12)17-10-9-11-5-3-2-4-6-11/h2-6,12H,7-10H2,1H3,(H,15,16). The maximum absolute atomic E-state index is 11.2. The largest absolute Gasteiger partial charge is 0.479 e. The van der Waals surface area contributed by atoms with Crippen molar-refractivity contribution in [3.05, 3.63) is 35.9 Å². The Labute approximate surface area is 101 Å². The molecule has 3 heteroatoms. The lowest BCUT2D eigenvalue weighted by Crippen LogP contribution is -2.41. The van der Waals surface area contributed by atoms with Gasteiger partial charge in [-0.05, 0) is 37.7 Å². The van der Waals surface area contributed by atoms with E-state index in [1.807, 2.05) is 30.3 Å². The summed E-state index contributed by atoms with van der Waals surface area (Å²) in [5.74, 6) is -0.649. The molecule has 1 aromatic rings. The minimum Gasteiger partial charge on any atom is -0.479 e. The van der Waals surface area contributed by atoms with E-state index in [2.05, 4.69) is 0 Å². The highest BCUT2D eigenvalue weighted by Gasteiger charge is 2.48. The van der Waals surface area contributed by atoms with Gasteiger partial charge in [-0.2, -0.15) is 0 Å². The van der Waals surface area contributed by atoms with E-state index in [0.717, 1.165) is 19.3 Å². The van der Waals surface area contributed by atoms with Gasteiger partial charge in [-0.1, -0.05) is 30.3 Å². The first kappa shape index (κ1) is 12.1. The van der Waals surface area contributed by atoms with Crippen LogP contribution in [0, 0.1) is 5.92 Å². The number of aliphatic carboxylic acids is 1. The normalized spacial score (nSPS) is 18.6. The fourth-order valence-electron chi connectivity index (χ4n) is 2.01. The lowest BCUT2D eigenvalue weighted by atomic mass is 10.0. The Morgan fingerprint density at radius 1 is 1.41 bits per heavy atom. The van der Waals surface area contributed by atoms with Gasteiger partial charge in [0.05, 0.1) is 6.61 Å². The van der Waals surface area contributed by atoms with Crippen LogP contribution in [0.3, 0.4) is 0 Å². The third-order valence-electron chi connectivity index (χ3n) is 3.42. The minimum atomic E-state index is -0.991. The van der Waals surface area contributed by atoms with E-state index < -0.39 is 11.6 Å². The minimum absolute atomic E-state index is 0.191. The van der Waals surface area contributed by atoms with Gasteiger partial charge < -0.3 is 9.84 Å². The Morgan fingerprint density at radius 2 is 2.06 bits per heavy atom. The van der Waals surface area contributed by atoms with Crippen molar-refractivity contribution in [3.8, 4) is 0 Å². The molecule has 0 spiro atoms. The average Bonchev–Trinajstić information content (AvgIpc) is 3.14. The number of benzene rings is 1. The van der Waals surface area contributed by atoms with Gasteiger partial charge in [0, 0.05) is 0 Å². The number of carboxylic acids is 1. The van der Waals surface area contributed by atoms with Crippen molar-refractivity contribution in [3.63, 3.8) is 0 Å². The maximum atomic E-state index is 11.2. The Bertz CT molecular complexity index is 384. The van der Waals surface area contributed by atoms with Crippen molar-refractivity contribution in [1.82, 2.24) is 0 Å². The Hall–Kier alpha value is -1.35. The molecule has 1 N–H and O–H groups in total. The van der Waals surface area contributed by atoms with Crippen LogP contribution in [0.4, 0.5) is 0 Å². The molecule has 1 fully saturated rings. The molecule has 0 heterocycles. The fourth-order valence-corrected chi connectivity index (χ4v) is 2.01. The lowest BCUT2D eigenvalue weighted by molar-refractivity contribution is -0.166. The predicted octanol–water partition coefficient (Wildman–Crippen LogP) is 2.50. The van der Waals surface area contributed by atoms with Gasteiger partial charge in [-0.15, -0.1) is 0 Å². The highest BCUT2D eigenvalue weighted by molar-refractivity contribution is 5.77. The van der Waals surface area contributed by atoms with Crippen LogP contribution in [0.1, 0.15) is 25.3 Å². The highest BCUT2D eigenvalue weighted by Crippen LogP contribution is 2.42. The summed E-state index contributed by atoms with van der Waals surface area (Å²) in [6.45, 7) is 2.15. The second-order valence-electron chi connectivity index (χ2n) is 4.77. The zero-order valence-corrected chi connectivity index (χ0v) is 10.1. The number of rotatable bonds is 6. The maximum Gasteiger partial charge on any atom is 0.335 e. The average molecular weight is 234 g/mol. The molecule has 1 aliphatic rings. The molecule has 0 aromatic heterocycles. The van der Waals surface area contributed by atoms with Gasteiger partial charge in [-0.3, -0.25) is 0 Å². The van der Waals surface area contributed by atoms with E-state index in [1.165, 1.54) is 5.56 Å². The summed E-state index contributed by atoms with van der Waals surface area (Å²) in [7, 11) is 0. The molecule has 1 atom stereocenters. The zero-order valence-electron chi connectivity index (χ0n) is 10.1. The summed E-state index contributed by atoms with van der Waals surface area (Å²) in [5, 5.41) is 9.22. The van der Waals surface area contributed by atoms with Crippen molar-refractivity contribution in [2.75, 3.05) is 6.61 Å². The van der Waals surface area contributed by atoms with Crippen LogP contribution in [-0.2, 0) is 16.0 Å². The van der Waals surface area contributed by atoms with Crippen LogP contribution in [0.2, 0.25) is 0 Å². The Kier molecular flexibility index (Phi) is 3.48. The second-order valence-corrected chi connectivity index (χ2v) is 4.77. The van der Waals surface area contributed by atoms with Crippen molar-refractivity contribution in [1.29, 1.82) is 0 Å². The van der Waals surface area contributed by atoms with Crippen LogP contribution in [-0.4, -0.2) is 23.3 Å². The Balaban J connectivity index is 1.86. The summed E-state index contributed by atoms with van der Waals surface area (Å²) < 4.78 is 5.62. The van der Waals surface area contributed by atoms with Crippen molar-refractivity contribution < 1.29 is 14.6 Å². The molecule has 1 aromatic carbocycles. The van der Waals surface area contributed by atoms with E-state index in [9.17, 15) is 9.90 Å². The molecule has 0 saturated heterocycles. The third kappa shape index (κ3) is 2.86. The molecule has 17 heavy (non-hydrogen) atoms. The van der Waals surface area contributed by atoms with Gasteiger partial charge >= 0.3 is 5.97 Å². The van der Waals surface area contributed by atoms with E-state index in [-0.39, 0.29) is 5.92 Å². The molecule has 0 aliphatic heterocycles. The molecular formula is C14H18O3. The molecule has 3 nitrogen and oxygen atoms in total. The highest BCUT2D eigenvalue weighted by atomic mass is 16.5. The topological polar surface area (TPSA) is 46.5 Å². The van der Waals surface area contributed by atoms with Gasteiger partial charge in [0.15, 0.2) is 5.60 Å². The molecule has 1 saturated carbocycles. The first-order chi connectivity index (χ1) is 8.13. The summed E-state index contributed by atoms with van der Waals surface area (Å²) >= 11 is 0. The van der Waals surface area contributed by atoms with E-state index in [0.29, 0.717) is 6.61 Å². The number of carboxylic acid groups (broad SMARTS) is 1. The first-order valence-electron chi connectivity index (χ1n) is 6.04.